The number of hydrogen-bond acceptors (Lipinski definition) is 8. The van der Waals surface area contributed by atoms with Crippen molar-refractivity contribution in [2.45, 2.75) is 5.50 Å². The minimum Gasteiger partial charge on any atom is -0.395 e. The van der Waals surface area contributed by atoms with Gasteiger partial charge in [-0.05, 0) is 24.3 Å². The van der Waals surface area contributed by atoms with Gasteiger partial charge in [0.2, 0.25) is 5.95 Å². The Kier molecular flexibility index (Phi) is 6.73. The number of hydrogen-bond donors (Lipinski definition) is 4. The van der Waals surface area contributed by atoms with Gasteiger partial charge < -0.3 is 15.7 Å². The molecule has 2 aromatic heterocycles. The van der Waals surface area contributed by atoms with Crippen LogP contribution in [0, 0.1) is 0 Å². The number of fused-ring (bicyclic) bond motifs is 1. The number of hydrazine groups is 1. The summed E-state index contributed by atoms with van der Waals surface area (Å²) < 4.78 is 0. The van der Waals surface area contributed by atoms with Gasteiger partial charge in [0.05, 0.1) is 12.3 Å². The van der Waals surface area contributed by atoms with Crippen molar-refractivity contribution in [3.8, 4) is 0 Å². The minimum absolute atomic E-state index is 0.141. The highest BCUT2D eigenvalue weighted by Crippen LogP contribution is 2.28. The molecule has 1 atom stereocenters. The predicted octanol–water partition coefficient (Wildman–Crippen LogP) is 1.66. The molecule has 0 radical (unpaired) electrons. The van der Waals surface area contributed by atoms with Crippen molar-refractivity contribution in [2.24, 2.45) is 0 Å². The number of alkyl halides is 1. The molecular formula is C20H23ClN8O2. The second-order valence-electron chi connectivity index (χ2n) is 6.83. The summed E-state index contributed by atoms with van der Waals surface area (Å²) in [6.45, 7) is 2.12. The summed E-state index contributed by atoms with van der Waals surface area (Å²) in [6, 6.07) is 12.8. The number of urea groups is 1. The summed E-state index contributed by atoms with van der Waals surface area (Å²) in [4.78, 5) is 25.5. The Hall–Kier alpha value is -3.05. The number of aliphatic hydroxyl groups is 1. The molecule has 4 rings (SSSR count). The molecule has 2 amide bonds. The van der Waals surface area contributed by atoms with Crippen LogP contribution in [0.25, 0.3) is 11.0 Å². The predicted molar refractivity (Wildman–Crippen MR) is 119 cm³/mol. The summed E-state index contributed by atoms with van der Waals surface area (Å²) in [7, 11) is 0. The van der Waals surface area contributed by atoms with Crippen molar-refractivity contribution in [3.05, 3.63) is 48.7 Å². The molecule has 1 aliphatic heterocycles. The molecule has 0 aliphatic carbocycles. The summed E-state index contributed by atoms with van der Waals surface area (Å²) in [6.07, 6.45) is 1.70. The number of pyridine rings is 1. The molecule has 4 N–H and O–H groups in total. The fourth-order valence-corrected chi connectivity index (χ4v) is 3.53. The number of piperazine rings is 1. The first-order valence-electron chi connectivity index (χ1n) is 9.92. The van der Waals surface area contributed by atoms with Gasteiger partial charge in [0.1, 0.15) is 11.3 Å². The Morgan fingerprint density at radius 2 is 2.10 bits per heavy atom. The van der Waals surface area contributed by atoms with Crippen LogP contribution in [0.2, 0.25) is 0 Å². The maximum Gasteiger partial charge on any atom is 0.320 e. The first-order chi connectivity index (χ1) is 15.2. The minimum atomic E-state index is -0.452. The van der Waals surface area contributed by atoms with E-state index in [1.54, 1.807) is 18.3 Å². The molecule has 1 fully saturated rings. The summed E-state index contributed by atoms with van der Waals surface area (Å²) in [5.74, 6) is 0.775. The van der Waals surface area contributed by atoms with Crippen LogP contribution in [-0.4, -0.2) is 69.4 Å². The maximum atomic E-state index is 11.9. The SMILES string of the molecule is O=C(NCCO)Nc1ccc2cnc(N(c3ccccc3)N3CCNCC3Cl)nc2n1. The molecule has 1 aliphatic rings. The van der Waals surface area contributed by atoms with Crippen molar-refractivity contribution in [3.63, 3.8) is 0 Å². The van der Waals surface area contributed by atoms with Crippen LogP contribution in [0.3, 0.4) is 0 Å². The van der Waals surface area contributed by atoms with Gasteiger partial charge in [0.25, 0.3) is 0 Å². The largest absolute Gasteiger partial charge is 0.395 e. The average Bonchev–Trinajstić information content (AvgIpc) is 2.79. The number of benzene rings is 1. The molecule has 1 unspecified atom stereocenters. The van der Waals surface area contributed by atoms with Crippen molar-refractivity contribution < 1.29 is 9.90 Å². The van der Waals surface area contributed by atoms with Crippen LogP contribution in [0.5, 0.6) is 0 Å². The zero-order valence-corrected chi connectivity index (χ0v) is 17.5. The molecular weight excluding hydrogens is 420 g/mol. The van der Waals surface area contributed by atoms with E-state index in [4.69, 9.17) is 16.7 Å². The lowest BCUT2D eigenvalue weighted by molar-refractivity contribution is 0.213. The van der Waals surface area contributed by atoms with Crippen molar-refractivity contribution >= 4 is 46.1 Å². The van der Waals surface area contributed by atoms with Gasteiger partial charge in [-0.1, -0.05) is 18.2 Å². The van der Waals surface area contributed by atoms with Crippen molar-refractivity contribution in [1.82, 2.24) is 30.6 Å². The van der Waals surface area contributed by atoms with Crippen LogP contribution in [-0.2, 0) is 0 Å². The highest BCUT2D eigenvalue weighted by atomic mass is 35.5. The van der Waals surface area contributed by atoms with Gasteiger partial charge in [0.15, 0.2) is 5.65 Å². The van der Waals surface area contributed by atoms with Crippen LogP contribution < -0.4 is 21.0 Å². The van der Waals surface area contributed by atoms with Crippen LogP contribution in [0.4, 0.5) is 22.2 Å². The van der Waals surface area contributed by atoms with E-state index in [0.29, 0.717) is 30.5 Å². The summed E-state index contributed by atoms with van der Waals surface area (Å²) in [5, 5.41) is 21.9. The fraction of sp³-hybridized carbons (Fsp3) is 0.300. The molecule has 31 heavy (non-hydrogen) atoms. The van der Waals surface area contributed by atoms with E-state index in [1.165, 1.54) is 0 Å². The van der Waals surface area contributed by atoms with Gasteiger partial charge in [-0.25, -0.2) is 19.8 Å². The van der Waals surface area contributed by atoms with E-state index in [-0.39, 0.29) is 18.7 Å². The Labute approximate surface area is 184 Å². The number of nitrogens with one attached hydrogen (secondary N) is 3. The smallest absolute Gasteiger partial charge is 0.320 e. The highest BCUT2D eigenvalue weighted by Gasteiger charge is 2.29. The number of halogens is 1. The van der Waals surface area contributed by atoms with Crippen LogP contribution in [0.15, 0.2) is 48.7 Å². The molecule has 3 aromatic rings. The molecule has 162 valence electrons. The number of carbonyl (C=O) groups excluding carboxylic acids is 1. The first-order valence-corrected chi connectivity index (χ1v) is 10.4. The molecule has 1 saturated heterocycles. The monoisotopic (exact) mass is 442 g/mol. The first kappa shape index (κ1) is 21.2. The molecule has 0 bridgehead atoms. The Bertz CT molecular complexity index is 1040. The number of para-hydroxylation sites is 1. The van der Waals surface area contributed by atoms with Gasteiger partial charge in [-0.3, -0.25) is 5.32 Å². The van der Waals surface area contributed by atoms with Gasteiger partial charge in [0, 0.05) is 37.8 Å². The van der Waals surface area contributed by atoms with E-state index in [1.807, 2.05) is 40.3 Å². The van der Waals surface area contributed by atoms with E-state index in [0.717, 1.165) is 17.6 Å². The normalized spacial score (nSPS) is 16.8. The molecule has 0 saturated carbocycles. The third-order valence-corrected chi connectivity index (χ3v) is 5.05. The van der Waals surface area contributed by atoms with Gasteiger partial charge >= 0.3 is 6.03 Å². The van der Waals surface area contributed by atoms with Gasteiger partial charge in [-0.15, -0.1) is 11.6 Å². The van der Waals surface area contributed by atoms with E-state index >= 15 is 0 Å². The van der Waals surface area contributed by atoms with E-state index in [2.05, 4.69) is 30.9 Å². The lowest BCUT2D eigenvalue weighted by Gasteiger charge is -2.40. The Morgan fingerprint density at radius 3 is 2.87 bits per heavy atom. The third-order valence-electron chi connectivity index (χ3n) is 4.67. The Balaban J connectivity index is 1.68. The summed E-state index contributed by atoms with van der Waals surface area (Å²) in [5.41, 5.74) is 1.05. The summed E-state index contributed by atoms with van der Waals surface area (Å²) >= 11 is 6.60. The lowest BCUT2D eigenvalue weighted by atomic mass is 10.3. The van der Waals surface area contributed by atoms with Crippen molar-refractivity contribution in [1.29, 1.82) is 0 Å². The third kappa shape index (κ3) is 5.00. The Morgan fingerprint density at radius 1 is 1.26 bits per heavy atom. The second-order valence-corrected chi connectivity index (χ2v) is 7.34. The zero-order chi connectivity index (χ0) is 21.6. The second kappa shape index (κ2) is 9.84. The van der Waals surface area contributed by atoms with Gasteiger partial charge in [-0.2, -0.15) is 9.99 Å². The molecule has 1 aromatic carbocycles. The molecule has 3 heterocycles. The van der Waals surface area contributed by atoms with E-state index in [9.17, 15) is 4.79 Å². The maximum absolute atomic E-state index is 11.9. The van der Waals surface area contributed by atoms with Crippen LogP contribution in [0.1, 0.15) is 0 Å². The number of carbonyl (C=O) groups is 1. The molecule has 11 heteroatoms. The fourth-order valence-electron chi connectivity index (χ4n) is 3.24. The number of nitrogens with zero attached hydrogens (tertiary/aromatic N) is 5. The number of anilines is 3. The molecule has 10 nitrogen and oxygen atoms in total. The van der Waals surface area contributed by atoms with Crippen LogP contribution >= 0.6 is 11.6 Å². The number of aromatic nitrogens is 3. The number of amides is 2. The van der Waals surface area contributed by atoms with Crippen molar-refractivity contribution in [2.75, 3.05) is 43.1 Å². The highest BCUT2D eigenvalue weighted by molar-refractivity contribution is 6.20. The average molecular weight is 443 g/mol. The van der Waals surface area contributed by atoms with E-state index < -0.39 is 6.03 Å². The number of rotatable bonds is 6. The lowest BCUT2D eigenvalue weighted by Crippen LogP contribution is -2.55. The standard InChI is InChI=1S/C20H23ClN8O2/c21-16-13-22-8-10-28(16)29(15-4-2-1-3-5-15)19-24-12-14-6-7-17(25-18(14)27-19)26-20(31)23-9-11-30/h1-7,12,16,22,30H,8-11,13H2,(H2,23,24,25,26,27,31). The quantitative estimate of drug-likeness (QED) is 0.336. The number of aliphatic hydroxyl groups excluding tert-OH is 1. The topological polar surface area (TPSA) is 119 Å². The molecule has 0 spiro atoms. The zero-order valence-electron chi connectivity index (χ0n) is 16.7.